The highest BCUT2D eigenvalue weighted by molar-refractivity contribution is 7.89. The predicted molar refractivity (Wildman–Crippen MR) is 115 cm³/mol. The van der Waals surface area contributed by atoms with Gasteiger partial charge in [0.2, 0.25) is 10.0 Å². The largest absolute Gasteiger partial charge is 0.496 e. The van der Waals surface area contributed by atoms with Crippen molar-refractivity contribution < 1.29 is 22.7 Å². The van der Waals surface area contributed by atoms with Crippen LogP contribution >= 0.6 is 23.2 Å². The molecular formula is C20H22Cl2N2O5S. The third-order valence-electron chi connectivity index (χ3n) is 4.80. The molecule has 3 rings (SSSR count). The summed E-state index contributed by atoms with van der Waals surface area (Å²) in [5, 5.41) is 3.74. The second-order valence-corrected chi connectivity index (χ2v) is 9.52. The lowest BCUT2D eigenvalue weighted by Crippen LogP contribution is -2.40. The molecule has 1 fully saturated rings. The number of carbonyl (C=O) groups is 1. The van der Waals surface area contributed by atoms with E-state index in [9.17, 15) is 13.2 Å². The maximum atomic E-state index is 13.0. The van der Waals surface area contributed by atoms with Crippen LogP contribution in [0.3, 0.4) is 0 Å². The van der Waals surface area contributed by atoms with Crippen molar-refractivity contribution >= 4 is 39.1 Å². The Balaban J connectivity index is 1.88. The highest BCUT2D eigenvalue weighted by Crippen LogP contribution is 2.28. The van der Waals surface area contributed by atoms with Gasteiger partial charge in [0.25, 0.3) is 5.91 Å². The van der Waals surface area contributed by atoms with Crippen LogP contribution < -0.4 is 10.1 Å². The number of hydrogen-bond donors (Lipinski definition) is 1. The molecule has 0 aliphatic carbocycles. The van der Waals surface area contributed by atoms with Crippen molar-refractivity contribution in [3.63, 3.8) is 0 Å². The monoisotopic (exact) mass is 472 g/mol. The minimum Gasteiger partial charge on any atom is -0.496 e. The van der Waals surface area contributed by atoms with Crippen LogP contribution in [0.5, 0.6) is 5.75 Å². The van der Waals surface area contributed by atoms with Crippen LogP contribution in [0.1, 0.15) is 28.9 Å². The van der Waals surface area contributed by atoms with Crippen LogP contribution in [0.25, 0.3) is 0 Å². The third-order valence-corrected chi connectivity index (χ3v) is 7.26. The number of amides is 1. The average molecular weight is 473 g/mol. The number of hydrogen-bond acceptors (Lipinski definition) is 5. The highest BCUT2D eigenvalue weighted by Gasteiger charge is 2.28. The van der Waals surface area contributed by atoms with Crippen molar-refractivity contribution in [1.29, 1.82) is 0 Å². The molecular weight excluding hydrogens is 451 g/mol. The van der Waals surface area contributed by atoms with Gasteiger partial charge in [0.05, 0.1) is 36.8 Å². The molecule has 0 aromatic heterocycles. The van der Waals surface area contributed by atoms with Crippen LogP contribution in [0.15, 0.2) is 41.3 Å². The van der Waals surface area contributed by atoms with E-state index in [1.807, 2.05) is 0 Å². The lowest BCUT2D eigenvalue weighted by molar-refractivity contribution is 0.0730. The quantitative estimate of drug-likeness (QED) is 0.694. The fraction of sp³-hybridized carbons (Fsp3) is 0.350. The number of nitrogens with zero attached hydrogens (tertiary/aromatic N) is 1. The number of nitrogens with one attached hydrogen (secondary N) is 1. The Labute approximate surface area is 185 Å². The van der Waals surface area contributed by atoms with Gasteiger partial charge in [-0.3, -0.25) is 4.79 Å². The summed E-state index contributed by atoms with van der Waals surface area (Å²) in [5.74, 6) is -0.216. The molecule has 1 atom stereocenters. The summed E-state index contributed by atoms with van der Waals surface area (Å²) in [7, 11) is -2.33. The predicted octanol–water partition coefficient (Wildman–Crippen LogP) is 3.51. The van der Waals surface area contributed by atoms with Gasteiger partial charge >= 0.3 is 0 Å². The Hall–Kier alpha value is -1.84. The van der Waals surface area contributed by atoms with Gasteiger partial charge in [0.1, 0.15) is 5.75 Å². The lowest BCUT2D eigenvalue weighted by Gasteiger charge is -2.26. The number of ether oxygens (including phenoxy) is 2. The summed E-state index contributed by atoms with van der Waals surface area (Å²) in [6, 6.07) is 8.80. The first kappa shape index (κ1) is 22.8. The van der Waals surface area contributed by atoms with E-state index in [4.69, 9.17) is 32.7 Å². The first-order valence-corrected chi connectivity index (χ1v) is 11.5. The van der Waals surface area contributed by atoms with Gasteiger partial charge in [-0.05, 0) is 42.8 Å². The van der Waals surface area contributed by atoms with Crippen LogP contribution in [0.2, 0.25) is 10.0 Å². The molecule has 1 N–H and O–H groups in total. The Morgan fingerprint density at radius 3 is 2.50 bits per heavy atom. The summed E-state index contributed by atoms with van der Waals surface area (Å²) in [6.45, 7) is 2.97. The smallest absolute Gasteiger partial charge is 0.255 e. The number of methoxy groups -OCH3 is 1. The maximum Gasteiger partial charge on any atom is 0.255 e. The fourth-order valence-electron chi connectivity index (χ4n) is 3.17. The number of halogens is 2. The summed E-state index contributed by atoms with van der Waals surface area (Å²) >= 11 is 12.2. The molecule has 1 aliphatic rings. The molecule has 0 bridgehead atoms. The van der Waals surface area contributed by atoms with Gasteiger partial charge in [-0.2, -0.15) is 4.31 Å². The molecule has 2 aromatic rings. The standard InChI is InChI=1S/C20H22Cl2N2O5S/c1-13(16-5-3-14(21)11-18(16)22)23-20(25)17-12-15(4-6-19(17)28-2)30(26,27)24-7-9-29-10-8-24/h3-6,11-13H,7-10H2,1-2H3,(H,23,25). The molecule has 0 spiro atoms. The second kappa shape index (κ2) is 9.53. The molecule has 7 nitrogen and oxygen atoms in total. The average Bonchev–Trinajstić information content (AvgIpc) is 2.73. The highest BCUT2D eigenvalue weighted by atomic mass is 35.5. The van der Waals surface area contributed by atoms with Crippen molar-refractivity contribution in [3.8, 4) is 5.75 Å². The number of carbonyl (C=O) groups excluding carboxylic acids is 1. The molecule has 1 amide bonds. The van der Waals surface area contributed by atoms with Gasteiger partial charge in [0, 0.05) is 23.1 Å². The zero-order chi connectivity index (χ0) is 21.9. The van der Waals surface area contributed by atoms with E-state index in [0.29, 0.717) is 28.8 Å². The van der Waals surface area contributed by atoms with E-state index in [-0.39, 0.29) is 29.3 Å². The Morgan fingerprint density at radius 2 is 1.87 bits per heavy atom. The van der Waals surface area contributed by atoms with Gasteiger partial charge < -0.3 is 14.8 Å². The third kappa shape index (κ3) is 4.90. The molecule has 10 heteroatoms. The first-order valence-electron chi connectivity index (χ1n) is 9.26. The SMILES string of the molecule is COc1ccc(S(=O)(=O)N2CCOCC2)cc1C(=O)NC(C)c1ccc(Cl)cc1Cl. The van der Waals surface area contributed by atoms with Crippen LogP contribution in [-0.2, 0) is 14.8 Å². The molecule has 1 unspecified atom stereocenters. The van der Waals surface area contributed by atoms with Crippen LogP contribution in [0, 0.1) is 0 Å². The first-order chi connectivity index (χ1) is 14.2. The number of sulfonamides is 1. The molecule has 162 valence electrons. The normalized spacial score (nSPS) is 16.1. The summed E-state index contributed by atoms with van der Waals surface area (Å²) in [4.78, 5) is 13.0. The van der Waals surface area contributed by atoms with Crippen molar-refractivity contribution in [3.05, 3.63) is 57.6 Å². The number of rotatable bonds is 6. The zero-order valence-electron chi connectivity index (χ0n) is 16.5. The maximum absolute atomic E-state index is 13.0. The van der Waals surface area contributed by atoms with E-state index in [1.54, 1.807) is 25.1 Å². The van der Waals surface area contributed by atoms with E-state index < -0.39 is 22.0 Å². The topological polar surface area (TPSA) is 84.9 Å². The minimum absolute atomic E-state index is 0.0209. The molecule has 30 heavy (non-hydrogen) atoms. The Bertz CT molecular complexity index is 1040. The van der Waals surface area contributed by atoms with E-state index in [0.717, 1.165) is 0 Å². The lowest BCUT2D eigenvalue weighted by atomic mass is 10.1. The minimum atomic E-state index is -3.75. The molecule has 0 radical (unpaired) electrons. The number of benzene rings is 2. The summed E-state index contributed by atoms with van der Waals surface area (Å²) in [5.41, 5.74) is 0.800. The van der Waals surface area contributed by atoms with Gasteiger partial charge in [-0.25, -0.2) is 8.42 Å². The molecule has 0 saturated carbocycles. The van der Waals surface area contributed by atoms with E-state index in [2.05, 4.69) is 5.32 Å². The van der Waals surface area contributed by atoms with Crippen molar-refractivity contribution in [1.82, 2.24) is 9.62 Å². The summed E-state index contributed by atoms with van der Waals surface area (Å²) < 4.78 is 37.7. The molecule has 1 aliphatic heterocycles. The van der Waals surface area contributed by atoms with Crippen molar-refractivity contribution in [2.45, 2.75) is 17.9 Å². The van der Waals surface area contributed by atoms with Crippen molar-refractivity contribution in [2.75, 3.05) is 33.4 Å². The summed E-state index contributed by atoms with van der Waals surface area (Å²) in [6.07, 6.45) is 0. The molecule has 1 saturated heterocycles. The van der Waals surface area contributed by atoms with E-state index in [1.165, 1.54) is 29.6 Å². The Kier molecular flexibility index (Phi) is 7.26. The second-order valence-electron chi connectivity index (χ2n) is 6.74. The van der Waals surface area contributed by atoms with E-state index >= 15 is 0 Å². The number of morpholine rings is 1. The Morgan fingerprint density at radius 1 is 1.17 bits per heavy atom. The zero-order valence-corrected chi connectivity index (χ0v) is 18.9. The van der Waals surface area contributed by atoms with Gasteiger partial charge in [0.15, 0.2) is 0 Å². The van der Waals surface area contributed by atoms with Crippen LogP contribution in [-0.4, -0.2) is 52.0 Å². The molecule has 1 heterocycles. The van der Waals surface area contributed by atoms with Gasteiger partial charge in [-0.1, -0.05) is 29.3 Å². The molecule has 2 aromatic carbocycles. The van der Waals surface area contributed by atoms with Crippen molar-refractivity contribution in [2.24, 2.45) is 0 Å². The van der Waals surface area contributed by atoms with Gasteiger partial charge in [-0.15, -0.1) is 0 Å². The van der Waals surface area contributed by atoms with Crippen LogP contribution in [0.4, 0.5) is 0 Å². The fourth-order valence-corrected chi connectivity index (χ4v) is 5.17.